The molecule has 0 unspecified atom stereocenters. The minimum Gasteiger partial charge on any atom is -0.376 e. The summed E-state index contributed by atoms with van der Waals surface area (Å²) in [6.45, 7) is 1.49. The van der Waals surface area contributed by atoms with Gasteiger partial charge in [0.1, 0.15) is 0 Å². The zero-order valence-electron chi connectivity index (χ0n) is 13.2. The maximum absolute atomic E-state index is 12.0. The molecule has 2 rings (SSSR count). The summed E-state index contributed by atoms with van der Waals surface area (Å²) in [5.41, 5.74) is 15.1. The largest absolute Gasteiger partial charge is 0.376 e. The van der Waals surface area contributed by atoms with Crippen LogP contribution in [0.4, 0.5) is 11.4 Å². The summed E-state index contributed by atoms with van der Waals surface area (Å²) in [5.74, 6) is -0.0809. The van der Waals surface area contributed by atoms with Gasteiger partial charge in [0.15, 0.2) is 0 Å². The number of carbonyl (C=O) groups is 1. The lowest BCUT2D eigenvalue weighted by molar-refractivity contribution is -0.114. The molecule has 0 heterocycles. The van der Waals surface area contributed by atoms with Crippen LogP contribution in [0.25, 0.3) is 0 Å². The Morgan fingerprint density at radius 2 is 1.26 bits per heavy atom. The van der Waals surface area contributed by atoms with Gasteiger partial charge < -0.3 is 22.1 Å². The van der Waals surface area contributed by atoms with E-state index in [4.69, 9.17) is 11.5 Å². The minimum absolute atomic E-state index is 0.0809. The molecular formula is C18H24N4O. The van der Waals surface area contributed by atoms with E-state index in [0.29, 0.717) is 13.1 Å². The third-order valence-electron chi connectivity index (χ3n) is 3.51. The zero-order valence-corrected chi connectivity index (χ0v) is 13.2. The molecule has 1 amide bonds. The third-order valence-corrected chi connectivity index (χ3v) is 3.51. The van der Waals surface area contributed by atoms with Gasteiger partial charge >= 0.3 is 0 Å². The van der Waals surface area contributed by atoms with Crippen LogP contribution in [0.1, 0.15) is 11.1 Å². The second-order valence-corrected chi connectivity index (χ2v) is 5.37. The Balaban J connectivity index is 1.80. The first kappa shape index (κ1) is 17.0. The zero-order chi connectivity index (χ0) is 16.5. The molecule has 0 atom stereocenters. The van der Waals surface area contributed by atoms with Crippen LogP contribution in [0, 0.1) is 0 Å². The Hall–Kier alpha value is -2.37. The van der Waals surface area contributed by atoms with E-state index >= 15 is 0 Å². The monoisotopic (exact) mass is 312 g/mol. The lowest BCUT2D eigenvalue weighted by Gasteiger charge is -2.09. The molecule has 0 aliphatic heterocycles. The molecule has 5 nitrogen and oxygen atoms in total. The summed E-state index contributed by atoms with van der Waals surface area (Å²) < 4.78 is 0. The van der Waals surface area contributed by atoms with Crippen molar-refractivity contribution in [1.29, 1.82) is 0 Å². The van der Waals surface area contributed by atoms with E-state index < -0.39 is 0 Å². The number of rotatable bonds is 8. The van der Waals surface area contributed by atoms with Gasteiger partial charge in [-0.1, -0.05) is 24.3 Å². The first-order chi connectivity index (χ1) is 11.2. The second-order valence-electron chi connectivity index (χ2n) is 5.37. The molecule has 0 radical (unpaired) electrons. The smallest absolute Gasteiger partial charge is 0.243 e. The summed E-state index contributed by atoms with van der Waals surface area (Å²) in [7, 11) is 0. The van der Waals surface area contributed by atoms with E-state index in [-0.39, 0.29) is 12.5 Å². The van der Waals surface area contributed by atoms with Crippen molar-refractivity contribution in [3.05, 3.63) is 59.7 Å². The highest BCUT2D eigenvalue weighted by molar-refractivity contribution is 5.93. The molecule has 0 aliphatic carbocycles. The third kappa shape index (κ3) is 5.73. The van der Waals surface area contributed by atoms with E-state index in [2.05, 4.69) is 10.6 Å². The second kappa shape index (κ2) is 8.92. The summed E-state index contributed by atoms with van der Waals surface area (Å²) in [5, 5.41) is 5.97. The van der Waals surface area contributed by atoms with Crippen LogP contribution in [0.3, 0.4) is 0 Å². The van der Waals surface area contributed by atoms with Gasteiger partial charge in [-0.25, -0.2) is 0 Å². The number of benzene rings is 2. The van der Waals surface area contributed by atoms with Gasteiger partial charge in [0.05, 0.1) is 6.54 Å². The number of hydrogen-bond acceptors (Lipinski definition) is 4. The molecule has 0 spiro atoms. The normalized spacial score (nSPS) is 10.3. The highest BCUT2D eigenvalue weighted by Crippen LogP contribution is 2.11. The Morgan fingerprint density at radius 3 is 1.74 bits per heavy atom. The van der Waals surface area contributed by atoms with E-state index in [1.54, 1.807) is 0 Å². The number of carbonyl (C=O) groups excluding carboxylic acids is 1. The molecular weight excluding hydrogens is 288 g/mol. The fourth-order valence-electron chi connectivity index (χ4n) is 2.26. The van der Waals surface area contributed by atoms with Crippen molar-refractivity contribution in [3.8, 4) is 0 Å². The SMILES string of the molecule is NCCc1ccc(NCC(=O)Nc2ccc(CCN)cc2)cc1. The van der Waals surface area contributed by atoms with E-state index in [1.165, 1.54) is 11.1 Å². The van der Waals surface area contributed by atoms with Crippen molar-refractivity contribution in [3.63, 3.8) is 0 Å². The molecule has 0 aliphatic rings. The quantitative estimate of drug-likeness (QED) is 0.597. The van der Waals surface area contributed by atoms with Gasteiger partial charge in [-0.2, -0.15) is 0 Å². The number of hydrogen-bond donors (Lipinski definition) is 4. The van der Waals surface area contributed by atoms with Crippen molar-refractivity contribution in [2.75, 3.05) is 30.3 Å². The van der Waals surface area contributed by atoms with Gasteiger partial charge in [-0.3, -0.25) is 4.79 Å². The highest BCUT2D eigenvalue weighted by atomic mass is 16.1. The van der Waals surface area contributed by atoms with Crippen LogP contribution in [-0.4, -0.2) is 25.5 Å². The van der Waals surface area contributed by atoms with Crippen molar-refractivity contribution in [2.45, 2.75) is 12.8 Å². The number of anilines is 2. The molecule has 0 bridgehead atoms. The summed E-state index contributed by atoms with van der Waals surface area (Å²) >= 11 is 0. The fraction of sp³-hybridized carbons (Fsp3) is 0.278. The van der Waals surface area contributed by atoms with Gasteiger partial charge in [0.25, 0.3) is 0 Å². The van der Waals surface area contributed by atoms with Crippen LogP contribution in [-0.2, 0) is 17.6 Å². The molecule has 2 aromatic carbocycles. The van der Waals surface area contributed by atoms with Crippen molar-refractivity contribution >= 4 is 17.3 Å². The van der Waals surface area contributed by atoms with Crippen LogP contribution in [0.5, 0.6) is 0 Å². The molecule has 0 saturated carbocycles. The average Bonchev–Trinajstić information content (AvgIpc) is 2.57. The summed E-state index contributed by atoms with van der Waals surface area (Å²) in [6.07, 6.45) is 1.71. The van der Waals surface area contributed by atoms with Crippen molar-refractivity contribution in [1.82, 2.24) is 0 Å². The summed E-state index contributed by atoms with van der Waals surface area (Å²) in [4.78, 5) is 12.0. The van der Waals surface area contributed by atoms with Gasteiger partial charge in [-0.15, -0.1) is 0 Å². The van der Waals surface area contributed by atoms with E-state index in [0.717, 1.165) is 24.2 Å². The highest BCUT2D eigenvalue weighted by Gasteiger charge is 2.03. The molecule has 2 aromatic rings. The average molecular weight is 312 g/mol. The number of nitrogens with two attached hydrogens (primary N) is 2. The van der Waals surface area contributed by atoms with Crippen LogP contribution < -0.4 is 22.1 Å². The minimum atomic E-state index is -0.0809. The Bertz CT molecular complexity index is 608. The first-order valence-electron chi connectivity index (χ1n) is 7.83. The van der Waals surface area contributed by atoms with Crippen LogP contribution in [0.2, 0.25) is 0 Å². The van der Waals surface area contributed by atoms with Crippen molar-refractivity contribution in [2.24, 2.45) is 11.5 Å². The van der Waals surface area contributed by atoms with Crippen molar-refractivity contribution < 1.29 is 4.79 Å². The Morgan fingerprint density at radius 1 is 0.783 bits per heavy atom. The van der Waals surface area contributed by atoms with Crippen LogP contribution >= 0.6 is 0 Å². The van der Waals surface area contributed by atoms with Gasteiger partial charge in [0.2, 0.25) is 5.91 Å². The Labute approximate surface area is 137 Å². The van der Waals surface area contributed by atoms with E-state index in [1.807, 2.05) is 48.5 Å². The Kier molecular flexibility index (Phi) is 6.59. The molecule has 5 heteroatoms. The predicted molar refractivity (Wildman–Crippen MR) is 95.5 cm³/mol. The molecule has 6 N–H and O–H groups in total. The van der Waals surface area contributed by atoms with Crippen LogP contribution in [0.15, 0.2) is 48.5 Å². The summed E-state index contributed by atoms with van der Waals surface area (Å²) in [6, 6.07) is 15.7. The molecule has 0 aromatic heterocycles. The number of nitrogens with one attached hydrogen (secondary N) is 2. The number of amides is 1. The maximum Gasteiger partial charge on any atom is 0.243 e. The molecule has 23 heavy (non-hydrogen) atoms. The molecule has 122 valence electrons. The van der Waals surface area contributed by atoms with Gasteiger partial charge in [-0.05, 0) is 61.3 Å². The fourth-order valence-corrected chi connectivity index (χ4v) is 2.26. The van der Waals surface area contributed by atoms with Gasteiger partial charge in [0, 0.05) is 11.4 Å². The predicted octanol–water partition coefficient (Wildman–Crippen LogP) is 1.74. The lowest BCUT2D eigenvalue weighted by atomic mass is 10.1. The topological polar surface area (TPSA) is 93.2 Å². The maximum atomic E-state index is 12.0. The molecule has 0 saturated heterocycles. The first-order valence-corrected chi connectivity index (χ1v) is 7.83. The molecule has 0 fully saturated rings. The van der Waals surface area contributed by atoms with E-state index in [9.17, 15) is 4.79 Å². The standard InChI is InChI=1S/C18H24N4O/c19-11-9-14-1-5-16(6-2-14)21-13-18(23)22-17-7-3-15(4-8-17)10-12-20/h1-8,21H,9-13,19-20H2,(H,22,23). The lowest BCUT2D eigenvalue weighted by Crippen LogP contribution is -2.21.